The summed E-state index contributed by atoms with van der Waals surface area (Å²) in [7, 11) is 0. The molecule has 0 saturated heterocycles. The van der Waals surface area contributed by atoms with Gasteiger partial charge in [0.1, 0.15) is 6.54 Å². The van der Waals surface area contributed by atoms with Gasteiger partial charge in [0.05, 0.1) is 0 Å². The number of carboxylic acids is 1. The van der Waals surface area contributed by atoms with E-state index in [4.69, 9.17) is 0 Å². The average Bonchev–Trinajstić information content (AvgIpc) is 2.72. The Balaban J connectivity index is 2.16. The van der Waals surface area contributed by atoms with Gasteiger partial charge in [-0.3, -0.25) is 14.2 Å². The molecule has 6 nitrogen and oxygen atoms in total. The van der Waals surface area contributed by atoms with Crippen LogP contribution in [0.4, 0.5) is 0 Å². The van der Waals surface area contributed by atoms with Gasteiger partial charge in [0.2, 0.25) is 5.91 Å². The summed E-state index contributed by atoms with van der Waals surface area (Å²) in [6.45, 7) is 3.37. The molecule has 1 amide bonds. The molecule has 0 fully saturated rings. The van der Waals surface area contributed by atoms with Crippen LogP contribution < -0.4 is 10.2 Å². The minimum atomic E-state index is -1.15. The molecule has 116 valence electrons. The van der Waals surface area contributed by atoms with Gasteiger partial charge in [-0.05, 0) is 19.4 Å². The molecule has 0 spiro atoms. The van der Waals surface area contributed by atoms with Crippen molar-refractivity contribution >= 4 is 23.2 Å². The standard InChI is InChI=1S/C15H16N2O4S/c1-9-10(2)22-15(21)17(9)8-12(18)16-13(14(19)20)11-6-4-3-5-7-11/h3-7,13H,8H2,1-2H3,(H,16,18)(H,19,20)/t13-/m0/s1. The number of carboxylic acid groups (broad SMARTS) is 1. The Morgan fingerprint density at radius 2 is 1.91 bits per heavy atom. The molecule has 0 radical (unpaired) electrons. The van der Waals surface area contributed by atoms with Crippen molar-refractivity contribution in [2.45, 2.75) is 26.4 Å². The molecule has 1 aromatic heterocycles. The van der Waals surface area contributed by atoms with E-state index in [2.05, 4.69) is 5.32 Å². The molecular formula is C15H16N2O4S. The zero-order chi connectivity index (χ0) is 16.3. The lowest BCUT2D eigenvalue weighted by Gasteiger charge is -2.15. The zero-order valence-electron chi connectivity index (χ0n) is 12.2. The number of thiazole rings is 1. The van der Waals surface area contributed by atoms with Crippen LogP contribution in [-0.4, -0.2) is 21.6 Å². The maximum absolute atomic E-state index is 12.1. The molecule has 0 unspecified atom stereocenters. The van der Waals surface area contributed by atoms with Crippen molar-refractivity contribution in [3.05, 3.63) is 56.1 Å². The summed E-state index contributed by atoms with van der Waals surface area (Å²) in [5, 5.41) is 11.7. The lowest BCUT2D eigenvalue weighted by Crippen LogP contribution is -2.37. The summed E-state index contributed by atoms with van der Waals surface area (Å²) < 4.78 is 1.35. The molecule has 0 aliphatic rings. The Bertz CT molecular complexity index is 749. The molecule has 0 aliphatic heterocycles. The Labute approximate surface area is 131 Å². The number of hydrogen-bond acceptors (Lipinski definition) is 4. The second-order valence-corrected chi connectivity index (χ2v) is 6.01. The van der Waals surface area contributed by atoms with Gasteiger partial charge in [-0.2, -0.15) is 0 Å². The van der Waals surface area contributed by atoms with Gasteiger partial charge < -0.3 is 10.4 Å². The molecule has 1 aromatic carbocycles. The number of nitrogens with zero attached hydrogens (tertiary/aromatic N) is 1. The van der Waals surface area contributed by atoms with Crippen LogP contribution in [0.25, 0.3) is 0 Å². The second-order valence-electron chi connectivity index (χ2n) is 4.85. The van der Waals surface area contributed by atoms with Gasteiger partial charge in [0, 0.05) is 10.6 Å². The normalized spacial score (nSPS) is 11.9. The molecular weight excluding hydrogens is 304 g/mol. The molecule has 22 heavy (non-hydrogen) atoms. The Morgan fingerprint density at radius 3 is 2.41 bits per heavy atom. The minimum absolute atomic E-state index is 0.189. The third-order valence-corrected chi connectivity index (χ3v) is 4.36. The summed E-state index contributed by atoms with van der Waals surface area (Å²) in [5.74, 6) is -1.66. The van der Waals surface area contributed by atoms with Crippen LogP contribution in [0.3, 0.4) is 0 Å². The predicted octanol–water partition coefficient (Wildman–Crippen LogP) is 1.47. The minimum Gasteiger partial charge on any atom is -0.479 e. The van der Waals surface area contributed by atoms with Crippen LogP contribution in [-0.2, 0) is 16.1 Å². The van der Waals surface area contributed by atoms with Crippen LogP contribution in [0, 0.1) is 13.8 Å². The van der Waals surface area contributed by atoms with Crippen molar-refractivity contribution in [1.29, 1.82) is 0 Å². The zero-order valence-corrected chi connectivity index (χ0v) is 13.0. The fourth-order valence-corrected chi connectivity index (χ4v) is 2.88. The number of nitrogens with one attached hydrogen (secondary N) is 1. The van der Waals surface area contributed by atoms with E-state index in [1.54, 1.807) is 44.2 Å². The van der Waals surface area contributed by atoms with Crippen molar-refractivity contribution in [1.82, 2.24) is 9.88 Å². The van der Waals surface area contributed by atoms with Gasteiger partial charge in [-0.15, -0.1) is 0 Å². The Kier molecular flexibility index (Phi) is 4.77. The predicted molar refractivity (Wildman–Crippen MR) is 83.0 cm³/mol. The van der Waals surface area contributed by atoms with Crippen molar-refractivity contribution in [3.8, 4) is 0 Å². The molecule has 7 heteroatoms. The van der Waals surface area contributed by atoms with Crippen LogP contribution in [0.1, 0.15) is 22.2 Å². The van der Waals surface area contributed by atoms with E-state index in [0.29, 0.717) is 5.56 Å². The summed E-state index contributed by atoms with van der Waals surface area (Å²) in [6, 6.07) is 7.30. The van der Waals surface area contributed by atoms with E-state index in [1.807, 2.05) is 0 Å². The number of aliphatic carboxylic acids is 1. The summed E-state index contributed by atoms with van der Waals surface area (Å²) in [6.07, 6.45) is 0. The molecule has 0 saturated carbocycles. The van der Waals surface area contributed by atoms with Gasteiger partial charge in [-0.1, -0.05) is 41.7 Å². The quantitative estimate of drug-likeness (QED) is 0.873. The summed E-state index contributed by atoms with van der Waals surface area (Å²) in [5.41, 5.74) is 1.20. The number of carbonyl (C=O) groups is 2. The highest BCUT2D eigenvalue weighted by atomic mass is 32.1. The molecule has 1 atom stereocenters. The number of amides is 1. The van der Waals surface area contributed by atoms with E-state index >= 15 is 0 Å². The molecule has 2 N–H and O–H groups in total. The van der Waals surface area contributed by atoms with E-state index in [1.165, 1.54) is 4.57 Å². The third kappa shape index (κ3) is 3.43. The molecule has 1 heterocycles. The van der Waals surface area contributed by atoms with Crippen LogP contribution in [0.5, 0.6) is 0 Å². The SMILES string of the molecule is Cc1sc(=O)n(CC(=O)N[C@H](C(=O)O)c2ccccc2)c1C. The average molecular weight is 320 g/mol. The number of aromatic nitrogens is 1. The topological polar surface area (TPSA) is 88.4 Å². The van der Waals surface area contributed by atoms with E-state index < -0.39 is 17.9 Å². The maximum atomic E-state index is 12.1. The van der Waals surface area contributed by atoms with Crippen LogP contribution in [0.15, 0.2) is 35.1 Å². The van der Waals surface area contributed by atoms with Gasteiger partial charge in [-0.25, -0.2) is 4.79 Å². The van der Waals surface area contributed by atoms with Crippen molar-refractivity contribution in [2.75, 3.05) is 0 Å². The van der Waals surface area contributed by atoms with Crippen molar-refractivity contribution in [2.24, 2.45) is 0 Å². The Morgan fingerprint density at radius 1 is 1.27 bits per heavy atom. The lowest BCUT2D eigenvalue weighted by molar-refractivity contribution is -0.142. The molecule has 2 rings (SSSR count). The number of benzene rings is 1. The van der Waals surface area contributed by atoms with Gasteiger partial charge >= 0.3 is 10.8 Å². The largest absolute Gasteiger partial charge is 0.479 e. The maximum Gasteiger partial charge on any atom is 0.330 e. The fourth-order valence-electron chi connectivity index (χ4n) is 2.05. The van der Waals surface area contributed by atoms with Gasteiger partial charge in [0.15, 0.2) is 6.04 Å². The number of carbonyl (C=O) groups excluding carboxylic acids is 1. The van der Waals surface area contributed by atoms with Gasteiger partial charge in [0.25, 0.3) is 0 Å². The van der Waals surface area contributed by atoms with Crippen molar-refractivity contribution < 1.29 is 14.7 Å². The Hall–Kier alpha value is -2.41. The first kappa shape index (κ1) is 16.0. The number of aryl methyl sites for hydroxylation is 1. The number of rotatable bonds is 5. The highest BCUT2D eigenvalue weighted by Crippen LogP contribution is 2.13. The summed E-state index contributed by atoms with van der Waals surface area (Å²) in [4.78, 5) is 35.8. The molecule has 0 aliphatic carbocycles. The second kappa shape index (κ2) is 6.57. The van der Waals surface area contributed by atoms with Crippen LogP contribution in [0.2, 0.25) is 0 Å². The van der Waals surface area contributed by atoms with E-state index in [9.17, 15) is 19.5 Å². The summed E-state index contributed by atoms with van der Waals surface area (Å²) >= 11 is 1.07. The van der Waals surface area contributed by atoms with Crippen molar-refractivity contribution in [3.63, 3.8) is 0 Å². The van der Waals surface area contributed by atoms with E-state index in [0.717, 1.165) is 21.9 Å². The fraction of sp³-hybridized carbons (Fsp3) is 0.267. The lowest BCUT2D eigenvalue weighted by atomic mass is 10.1. The van der Waals surface area contributed by atoms with E-state index in [-0.39, 0.29) is 11.4 Å². The first-order chi connectivity index (χ1) is 10.4. The highest BCUT2D eigenvalue weighted by Gasteiger charge is 2.22. The number of hydrogen-bond donors (Lipinski definition) is 2. The molecule has 2 aromatic rings. The third-order valence-electron chi connectivity index (χ3n) is 3.36. The molecule has 0 bridgehead atoms. The van der Waals surface area contributed by atoms with Crippen LogP contribution >= 0.6 is 11.3 Å². The highest BCUT2D eigenvalue weighted by molar-refractivity contribution is 7.09. The monoisotopic (exact) mass is 320 g/mol. The first-order valence-corrected chi connectivity index (χ1v) is 7.45. The first-order valence-electron chi connectivity index (χ1n) is 6.64. The smallest absolute Gasteiger partial charge is 0.330 e.